The first-order valence-corrected chi connectivity index (χ1v) is 7.78. The fraction of sp³-hybridized carbons (Fsp3) is 0.211. The third kappa shape index (κ3) is 4.88. The Labute approximate surface area is 145 Å². The molecular weight excluding hydrogens is 321 g/mol. The van der Waals surface area contributed by atoms with Crippen molar-refractivity contribution in [3.63, 3.8) is 0 Å². The number of nitrogens with one attached hydrogen (secondary N) is 2. The van der Waals surface area contributed by atoms with Crippen molar-refractivity contribution >= 4 is 17.5 Å². The van der Waals surface area contributed by atoms with Crippen molar-refractivity contribution in [1.29, 1.82) is 5.26 Å². The lowest BCUT2D eigenvalue weighted by Gasteiger charge is -2.09. The van der Waals surface area contributed by atoms with E-state index >= 15 is 0 Å². The molecule has 2 aromatic rings. The van der Waals surface area contributed by atoms with E-state index in [9.17, 15) is 14.0 Å². The molecular formula is C19H18FN3O2. The van der Waals surface area contributed by atoms with Crippen molar-refractivity contribution in [2.24, 2.45) is 0 Å². The van der Waals surface area contributed by atoms with E-state index in [1.165, 1.54) is 12.1 Å². The van der Waals surface area contributed by atoms with Gasteiger partial charge in [0.15, 0.2) is 0 Å². The summed E-state index contributed by atoms with van der Waals surface area (Å²) < 4.78 is 13.7. The standard InChI is InChI=1S/C19H18FN3O2/c1-12(2)14-5-7-16(8-6-14)23-19(25)18(24)22-11-15-4-3-13(10-21)9-17(15)20/h3-9,12H,11H2,1-2H3,(H,22,24)(H,23,25). The number of carbonyl (C=O) groups is 2. The third-order valence-electron chi connectivity index (χ3n) is 3.66. The number of amides is 2. The molecule has 128 valence electrons. The summed E-state index contributed by atoms with van der Waals surface area (Å²) >= 11 is 0. The van der Waals surface area contributed by atoms with Gasteiger partial charge in [0.25, 0.3) is 0 Å². The number of carbonyl (C=O) groups excluding carboxylic acids is 2. The summed E-state index contributed by atoms with van der Waals surface area (Å²) in [4.78, 5) is 23.7. The summed E-state index contributed by atoms with van der Waals surface area (Å²) in [6, 6.07) is 13.0. The van der Waals surface area contributed by atoms with Gasteiger partial charge < -0.3 is 10.6 Å². The molecule has 0 radical (unpaired) electrons. The van der Waals surface area contributed by atoms with Crippen molar-refractivity contribution in [3.8, 4) is 6.07 Å². The zero-order chi connectivity index (χ0) is 18.4. The molecule has 5 nitrogen and oxygen atoms in total. The average Bonchev–Trinajstić information content (AvgIpc) is 2.60. The number of benzene rings is 2. The Morgan fingerprint density at radius 2 is 1.80 bits per heavy atom. The van der Waals surface area contributed by atoms with Crippen LogP contribution in [0, 0.1) is 17.1 Å². The number of halogens is 1. The molecule has 0 fully saturated rings. The predicted octanol–water partition coefficient (Wildman–Crippen LogP) is 3.08. The first-order valence-electron chi connectivity index (χ1n) is 7.78. The molecule has 25 heavy (non-hydrogen) atoms. The van der Waals surface area contributed by atoms with Crippen LogP contribution in [0.15, 0.2) is 42.5 Å². The summed E-state index contributed by atoms with van der Waals surface area (Å²) in [6.45, 7) is 3.97. The van der Waals surface area contributed by atoms with Crippen molar-refractivity contribution in [3.05, 3.63) is 65.0 Å². The van der Waals surface area contributed by atoms with Gasteiger partial charge in [0.1, 0.15) is 5.82 Å². The normalized spacial score (nSPS) is 10.2. The Hall–Kier alpha value is -3.20. The highest BCUT2D eigenvalue weighted by Crippen LogP contribution is 2.17. The molecule has 0 aromatic heterocycles. The Balaban J connectivity index is 1.92. The summed E-state index contributed by atoms with van der Waals surface area (Å²) in [7, 11) is 0. The minimum Gasteiger partial charge on any atom is -0.344 e. The van der Waals surface area contributed by atoms with Crippen LogP contribution in [0.25, 0.3) is 0 Å². The Morgan fingerprint density at radius 1 is 1.12 bits per heavy atom. The van der Waals surface area contributed by atoms with Crippen LogP contribution in [0.3, 0.4) is 0 Å². The van der Waals surface area contributed by atoms with Gasteiger partial charge in [-0.3, -0.25) is 9.59 Å². The number of hydrogen-bond acceptors (Lipinski definition) is 3. The molecule has 0 saturated heterocycles. The van der Waals surface area contributed by atoms with E-state index in [4.69, 9.17) is 5.26 Å². The molecule has 2 amide bonds. The van der Waals surface area contributed by atoms with Gasteiger partial charge in [0.05, 0.1) is 11.6 Å². The summed E-state index contributed by atoms with van der Waals surface area (Å²) in [5.74, 6) is -1.93. The van der Waals surface area contributed by atoms with Gasteiger partial charge in [0, 0.05) is 17.8 Å². The van der Waals surface area contributed by atoms with Crippen molar-refractivity contribution in [1.82, 2.24) is 5.32 Å². The second-order valence-corrected chi connectivity index (χ2v) is 5.83. The van der Waals surface area contributed by atoms with Gasteiger partial charge in [-0.1, -0.05) is 32.0 Å². The first-order chi connectivity index (χ1) is 11.9. The van der Waals surface area contributed by atoms with E-state index < -0.39 is 17.6 Å². The summed E-state index contributed by atoms with van der Waals surface area (Å²) in [6.07, 6.45) is 0. The molecule has 0 bridgehead atoms. The fourth-order valence-corrected chi connectivity index (χ4v) is 2.16. The van der Waals surface area contributed by atoms with Gasteiger partial charge in [-0.05, 0) is 35.7 Å². The Morgan fingerprint density at radius 3 is 2.36 bits per heavy atom. The molecule has 2 N–H and O–H groups in total. The monoisotopic (exact) mass is 339 g/mol. The predicted molar refractivity (Wildman–Crippen MR) is 92.1 cm³/mol. The molecule has 0 heterocycles. The highest BCUT2D eigenvalue weighted by Gasteiger charge is 2.14. The van der Waals surface area contributed by atoms with Crippen LogP contribution in [-0.2, 0) is 16.1 Å². The molecule has 2 aromatic carbocycles. The largest absolute Gasteiger partial charge is 0.344 e. The van der Waals surface area contributed by atoms with E-state index in [1.54, 1.807) is 12.1 Å². The van der Waals surface area contributed by atoms with Crippen LogP contribution in [0.5, 0.6) is 0 Å². The van der Waals surface area contributed by atoms with Crippen LogP contribution in [0.4, 0.5) is 10.1 Å². The topological polar surface area (TPSA) is 82.0 Å². The molecule has 0 unspecified atom stereocenters. The van der Waals surface area contributed by atoms with Crippen molar-refractivity contribution in [2.45, 2.75) is 26.3 Å². The average molecular weight is 339 g/mol. The molecule has 0 atom stereocenters. The van der Waals surface area contributed by atoms with Gasteiger partial charge in [0.2, 0.25) is 0 Å². The molecule has 0 aliphatic carbocycles. The second-order valence-electron chi connectivity index (χ2n) is 5.83. The number of anilines is 1. The number of nitrogens with zero attached hydrogens (tertiary/aromatic N) is 1. The third-order valence-corrected chi connectivity index (χ3v) is 3.66. The number of rotatable bonds is 4. The first kappa shape index (κ1) is 18.1. The minimum atomic E-state index is -0.864. The van der Waals surface area contributed by atoms with E-state index in [0.717, 1.165) is 11.6 Å². The van der Waals surface area contributed by atoms with E-state index in [-0.39, 0.29) is 17.7 Å². The maximum atomic E-state index is 13.7. The lowest BCUT2D eigenvalue weighted by molar-refractivity contribution is -0.136. The van der Waals surface area contributed by atoms with Crippen LogP contribution < -0.4 is 10.6 Å². The molecule has 0 spiro atoms. The minimum absolute atomic E-state index is 0.143. The second kappa shape index (κ2) is 8.06. The highest BCUT2D eigenvalue weighted by molar-refractivity contribution is 6.39. The SMILES string of the molecule is CC(C)c1ccc(NC(=O)C(=O)NCc2ccc(C#N)cc2F)cc1. The van der Waals surface area contributed by atoms with Gasteiger partial charge in [-0.25, -0.2) is 4.39 Å². The zero-order valence-corrected chi connectivity index (χ0v) is 14.0. The maximum Gasteiger partial charge on any atom is 0.313 e. The van der Waals surface area contributed by atoms with Gasteiger partial charge in [-0.15, -0.1) is 0 Å². The molecule has 0 saturated carbocycles. The highest BCUT2D eigenvalue weighted by atomic mass is 19.1. The molecule has 0 aliphatic rings. The van der Waals surface area contributed by atoms with E-state index in [0.29, 0.717) is 11.6 Å². The van der Waals surface area contributed by atoms with Gasteiger partial charge in [-0.2, -0.15) is 5.26 Å². The lowest BCUT2D eigenvalue weighted by atomic mass is 10.0. The molecule has 6 heteroatoms. The number of hydrogen-bond donors (Lipinski definition) is 2. The Bertz CT molecular complexity index is 824. The molecule has 2 rings (SSSR count). The zero-order valence-electron chi connectivity index (χ0n) is 14.0. The van der Waals surface area contributed by atoms with Crippen LogP contribution >= 0.6 is 0 Å². The van der Waals surface area contributed by atoms with Crippen LogP contribution in [0.1, 0.15) is 36.5 Å². The number of nitriles is 1. The van der Waals surface area contributed by atoms with E-state index in [2.05, 4.69) is 24.5 Å². The Kier molecular flexibility index (Phi) is 5.85. The summed E-state index contributed by atoms with van der Waals surface area (Å²) in [5.41, 5.74) is 2.02. The van der Waals surface area contributed by atoms with Crippen LogP contribution in [0.2, 0.25) is 0 Å². The van der Waals surface area contributed by atoms with Gasteiger partial charge >= 0.3 is 11.8 Å². The van der Waals surface area contributed by atoms with E-state index in [1.807, 2.05) is 18.2 Å². The fourth-order valence-electron chi connectivity index (χ4n) is 2.16. The van der Waals surface area contributed by atoms with Crippen molar-refractivity contribution in [2.75, 3.05) is 5.32 Å². The lowest BCUT2D eigenvalue weighted by Crippen LogP contribution is -2.35. The smallest absolute Gasteiger partial charge is 0.313 e. The molecule has 0 aliphatic heterocycles. The van der Waals surface area contributed by atoms with Crippen molar-refractivity contribution < 1.29 is 14.0 Å². The van der Waals surface area contributed by atoms with Crippen LogP contribution in [-0.4, -0.2) is 11.8 Å². The summed E-state index contributed by atoms with van der Waals surface area (Å²) in [5, 5.41) is 13.5. The maximum absolute atomic E-state index is 13.7. The quantitative estimate of drug-likeness (QED) is 0.840.